The molecule has 9 nitrogen and oxygen atoms in total. The van der Waals surface area contributed by atoms with Crippen LogP contribution in [0.5, 0.6) is 5.88 Å². The molecule has 1 saturated heterocycles. The minimum Gasteiger partial charge on any atom is -0.473 e. The Morgan fingerprint density at radius 1 is 1.17 bits per heavy atom. The van der Waals surface area contributed by atoms with Crippen LogP contribution in [-0.2, 0) is 11.3 Å². The van der Waals surface area contributed by atoms with E-state index in [0.717, 1.165) is 24.1 Å². The van der Waals surface area contributed by atoms with Crippen LogP contribution in [0.2, 0.25) is 0 Å². The molecule has 1 fully saturated rings. The molecule has 0 aliphatic carbocycles. The molecule has 1 amide bonds. The Morgan fingerprint density at radius 2 is 2.00 bits per heavy atom. The molecule has 0 atom stereocenters. The maximum absolute atomic E-state index is 12.4. The van der Waals surface area contributed by atoms with E-state index >= 15 is 0 Å². The number of aromatic nitrogens is 4. The molecular weight excluding hydrogens is 386 g/mol. The lowest BCUT2D eigenvalue weighted by Crippen LogP contribution is -2.38. The third-order valence-corrected chi connectivity index (χ3v) is 4.94. The van der Waals surface area contributed by atoms with E-state index in [2.05, 4.69) is 25.7 Å². The van der Waals surface area contributed by atoms with E-state index in [1.54, 1.807) is 12.1 Å². The second-order valence-corrected chi connectivity index (χ2v) is 7.16. The summed E-state index contributed by atoms with van der Waals surface area (Å²) in [7, 11) is 0. The van der Waals surface area contributed by atoms with Gasteiger partial charge in [0, 0.05) is 31.5 Å². The monoisotopic (exact) mass is 409 g/mol. The summed E-state index contributed by atoms with van der Waals surface area (Å²) in [6.45, 7) is 5.24. The molecule has 30 heavy (non-hydrogen) atoms. The number of ether oxygens (including phenoxy) is 2. The number of aryl methyl sites for hydroxylation is 2. The van der Waals surface area contributed by atoms with Crippen molar-refractivity contribution < 1.29 is 18.8 Å². The first-order valence-corrected chi connectivity index (χ1v) is 9.83. The number of nitrogens with one attached hydrogen (secondary N) is 1. The Morgan fingerprint density at radius 3 is 2.70 bits per heavy atom. The van der Waals surface area contributed by atoms with Gasteiger partial charge in [0.2, 0.25) is 5.88 Å². The van der Waals surface area contributed by atoms with E-state index < -0.39 is 0 Å². The highest BCUT2D eigenvalue weighted by atomic mass is 16.5. The SMILES string of the molecule is Cc1ccc(-c2noc(C)c2COc2ccc(C(=O)NC3CCOCC3)cn2)nn1. The molecule has 0 aromatic carbocycles. The number of carbonyl (C=O) groups is 1. The molecule has 0 bridgehead atoms. The van der Waals surface area contributed by atoms with E-state index in [1.165, 1.54) is 6.20 Å². The molecule has 9 heteroatoms. The molecule has 0 unspecified atom stereocenters. The zero-order valence-electron chi connectivity index (χ0n) is 16.9. The molecule has 0 saturated carbocycles. The standard InChI is InChI=1S/C21H23N5O4/c1-13-3-5-18(25-24-13)20-17(14(2)30-26-20)12-29-19-6-4-15(11-22-19)21(27)23-16-7-9-28-10-8-16/h3-6,11,16H,7-10,12H2,1-2H3,(H,23,27). The van der Waals surface area contributed by atoms with Crippen molar-refractivity contribution in [3.8, 4) is 17.3 Å². The quantitative estimate of drug-likeness (QED) is 0.661. The topological polar surface area (TPSA) is 112 Å². The van der Waals surface area contributed by atoms with Crippen LogP contribution in [0, 0.1) is 13.8 Å². The first kappa shape index (κ1) is 20.0. The molecule has 3 aromatic heterocycles. The first-order valence-electron chi connectivity index (χ1n) is 9.83. The Labute approximate surface area is 173 Å². The van der Waals surface area contributed by atoms with Gasteiger partial charge in [0.15, 0.2) is 0 Å². The van der Waals surface area contributed by atoms with Gasteiger partial charge in [-0.25, -0.2) is 4.98 Å². The number of nitrogens with zero attached hydrogens (tertiary/aromatic N) is 4. The van der Waals surface area contributed by atoms with Crippen molar-refractivity contribution >= 4 is 5.91 Å². The fourth-order valence-corrected chi connectivity index (χ4v) is 3.14. The van der Waals surface area contributed by atoms with E-state index in [1.807, 2.05) is 26.0 Å². The van der Waals surface area contributed by atoms with Gasteiger partial charge >= 0.3 is 0 Å². The molecule has 0 spiro atoms. The van der Waals surface area contributed by atoms with Crippen LogP contribution in [0.15, 0.2) is 35.0 Å². The average molecular weight is 409 g/mol. The molecule has 1 aliphatic rings. The largest absolute Gasteiger partial charge is 0.473 e. The van der Waals surface area contributed by atoms with Crippen LogP contribution in [-0.4, -0.2) is 45.5 Å². The smallest absolute Gasteiger partial charge is 0.253 e. The van der Waals surface area contributed by atoms with Crippen molar-refractivity contribution in [2.24, 2.45) is 0 Å². The minimum atomic E-state index is -0.143. The highest BCUT2D eigenvalue weighted by Crippen LogP contribution is 2.24. The Hall–Kier alpha value is -3.33. The van der Waals surface area contributed by atoms with Crippen molar-refractivity contribution in [3.63, 3.8) is 0 Å². The Kier molecular flexibility index (Phi) is 5.99. The van der Waals surface area contributed by atoms with Crippen molar-refractivity contribution in [1.82, 2.24) is 25.7 Å². The zero-order valence-corrected chi connectivity index (χ0v) is 16.9. The lowest BCUT2D eigenvalue weighted by atomic mass is 10.1. The third kappa shape index (κ3) is 4.62. The van der Waals surface area contributed by atoms with Gasteiger partial charge in [0.05, 0.1) is 16.8 Å². The van der Waals surface area contributed by atoms with Gasteiger partial charge in [0.25, 0.3) is 5.91 Å². The van der Waals surface area contributed by atoms with Crippen LogP contribution >= 0.6 is 0 Å². The first-order chi connectivity index (χ1) is 14.6. The predicted molar refractivity (Wildman–Crippen MR) is 107 cm³/mol. The summed E-state index contributed by atoms with van der Waals surface area (Å²) in [6, 6.07) is 7.22. The second kappa shape index (κ2) is 9.00. The summed E-state index contributed by atoms with van der Waals surface area (Å²) in [6.07, 6.45) is 3.16. The molecule has 1 aliphatic heterocycles. The Balaban J connectivity index is 1.39. The van der Waals surface area contributed by atoms with E-state index in [4.69, 9.17) is 14.0 Å². The van der Waals surface area contributed by atoms with Gasteiger partial charge < -0.3 is 19.3 Å². The lowest BCUT2D eigenvalue weighted by molar-refractivity contribution is 0.0696. The van der Waals surface area contributed by atoms with Gasteiger partial charge in [-0.3, -0.25) is 4.79 Å². The van der Waals surface area contributed by atoms with Crippen molar-refractivity contribution in [3.05, 3.63) is 53.0 Å². The van der Waals surface area contributed by atoms with Crippen LogP contribution in [0.3, 0.4) is 0 Å². The second-order valence-electron chi connectivity index (χ2n) is 7.16. The maximum atomic E-state index is 12.4. The lowest BCUT2D eigenvalue weighted by Gasteiger charge is -2.23. The fraction of sp³-hybridized carbons (Fsp3) is 0.381. The molecule has 4 heterocycles. The van der Waals surface area contributed by atoms with Gasteiger partial charge in [-0.05, 0) is 44.9 Å². The summed E-state index contributed by atoms with van der Waals surface area (Å²) in [4.78, 5) is 16.6. The third-order valence-electron chi connectivity index (χ3n) is 4.94. The fourth-order valence-electron chi connectivity index (χ4n) is 3.14. The average Bonchev–Trinajstić information content (AvgIpc) is 3.14. The van der Waals surface area contributed by atoms with Crippen LogP contribution < -0.4 is 10.1 Å². The molecule has 1 N–H and O–H groups in total. The zero-order chi connectivity index (χ0) is 20.9. The van der Waals surface area contributed by atoms with Crippen molar-refractivity contribution in [1.29, 1.82) is 0 Å². The number of hydrogen-bond donors (Lipinski definition) is 1. The number of carbonyl (C=O) groups excluding carboxylic acids is 1. The van der Waals surface area contributed by atoms with Crippen LogP contribution in [0.25, 0.3) is 11.4 Å². The molecule has 156 valence electrons. The number of hydrogen-bond acceptors (Lipinski definition) is 8. The normalized spacial score (nSPS) is 14.5. The van der Waals surface area contributed by atoms with E-state index in [-0.39, 0.29) is 18.6 Å². The highest BCUT2D eigenvalue weighted by molar-refractivity contribution is 5.94. The molecular formula is C21H23N5O4. The highest BCUT2D eigenvalue weighted by Gasteiger charge is 2.19. The summed E-state index contributed by atoms with van der Waals surface area (Å²) < 4.78 is 16.4. The number of amides is 1. The summed E-state index contributed by atoms with van der Waals surface area (Å²) in [5, 5.41) is 15.3. The summed E-state index contributed by atoms with van der Waals surface area (Å²) in [5.74, 6) is 0.898. The van der Waals surface area contributed by atoms with Gasteiger partial charge in [-0.15, -0.1) is 5.10 Å². The van der Waals surface area contributed by atoms with Crippen molar-refractivity contribution in [2.45, 2.75) is 39.3 Å². The molecule has 4 rings (SSSR count). The summed E-state index contributed by atoms with van der Waals surface area (Å²) >= 11 is 0. The minimum absolute atomic E-state index is 0.141. The maximum Gasteiger partial charge on any atom is 0.253 e. The number of pyridine rings is 1. The van der Waals surface area contributed by atoms with Crippen molar-refractivity contribution in [2.75, 3.05) is 13.2 Å². The predicted octanol–water partition coefficient (Wildman–Crippen LogP) is 2.63. The number of rotatable bonds is 6. The Bertz CT molecular complexity index is 995. The summed E-state index contributed by atoms with van der Waals surface area (Å²) in [5.41, 5.74) is 3.29. The van der Waals surface area contributed by atoms with Gasteiger partial charge in [-0.1, -0.05) is 5.16 Å². The van der Waals surface area contributed by atoms with Gasteiger partial charge in [0.1, 0.15) is 23.8 Å². The van der Waals surface area contributed by atoms with Gasteiger partial charge in [-0.2, -0.15) is 5.10 Å². The molecule has 0 radical (unpaired) electrons. The van der Waals surface area contributed by atoms with E-state index in [9.17, 15) is 4.79 Å². The van der Waals surface area contributed by atoms with Crippen LogP contribution in [0.4, 0.5) is 0 Å². The van der Waals surface area contributed by atoms with Crippen LogP contribution in [0.1, 0.15) is 40.2 Å². The van der Waals surface area contributed by atoms with E-state index in [0.29, 0.717) is 41.8 Å². The molecule has 3 aromatic rings.